The molecule has 0 spiro atoms. The molecule has 0 N–H and O–H groups in total. The van der Waals surface area contributed by atoms with Crippen molar-refractivity contribution in [1.29, 1.82) is 0 Å². The first-order chi connectivity index (χ1) is 13.0. The first-order valence-electron chi connectivity index (χ1n) is 9.11. The molecular weight excluding hydrogens is 397 g/mol. The summed E-state index contributed by atoms with van der Waals surface area (Å²) >= 11 is 0. The van der Waals surface area contributed by atoms with E-state index in [-0.39, 0.29) is 35.8 Å². The summed E-state index contributed by atoms with van der Waals surface area (Å²) in [6.07, 6.45) is -4.03. The van der Waals surface area contributed by atoms with Gasteiger partial charge in [0.25, 0.3) is 5.91 Å². The molecule has 1 aromatic carbocycles. The van der Waals surface area contributed by atoms with Crippen molar-refractivity contribution in [3.8, 4) is 0 Å². The Morgan fingerprint density at radius 2 is 1.82 bits per heavy atom. The number of hydrogen-bond donors (Lipinski definition) is 0. The van der Waals surface area contributed by atoms with Gasteiger partial charge in [0.1, 0.15) is 6.54 Å². The number of benzene rings is 1. The predicted molar refractivity (Wildman–Crippen MR) is 95.3 cm³/mol. The number of carbonyl (C=O) groups is 1. The molecule has 1 aromatic rings. The van der Waals surface area contributed by atoms with E-state index in [2.05, 4.69) is 0 Å². The molecule has 0 bridgehead atoms. The Kier molecular flexibility index (Phi) is 5.75. The normalized spacial score (nSPS) is 24.2. The molecule has 1 saturated heterocycles. The van der Waals surface area contributed by atoms with Gasteiger partial charge in [-0.15, -0.1) is 0 Å². The molecule has 28 heavy (non-hydrogen) atoms. The van der Waals surface area contributed by atoms with E-state index in [1.54, 1.807) is 13.8 Å². The van der Waals surface area contributed by atoms with Crippen molar-refractivity contribution in [3.05, 3.63) is 29.8 Å². The molecule has 0 aromatic heterocycles. The third kappa shape index (κ3) is 4.84. The summed E-state index contributed by atoms with van der Waals surface area (Å²) in [5.41, 5.74) is -0.0634. The number of sulfonamides is 1. The monoisotopic (exact) mass is 420 g/mol. The lowest BCUT2D eigenvalue weighted by Crippen LogP contribution is -2.48. The number of carbonyl (C=O) groups excluding carboxylic acids is 1. The molecule has 1 amide bonds. The van der Waals surface area contributed by atoms with Gasteiger partial charge in [-0.25, -0.2) is 8.42 Å². The number of halogens is 3. The van der Waals surface area contributed by atoms with Crippen molar-refractivity contribution in [2.75, 3.05) is 19.6 Å². The second kappa shape index (κ2) is 7.64. The molecule has 1 aliphatic carbocycles. The number of morpholine rings is 1. The van der Waals surface area contributed by atoms with Crippen molar-refractivity contribution >= 4 is 15.9 Å². The smallest absolute Gasteiger partial charge is 0.373 e. The van der Waals surface area contributed by atoms with Crippen LogP contribution in [0.4, 0.5) is 13.2 Å². The highest BCUT2D eigenvalue weighted by molar-refractivity contribution is 7.89. The topological polar surface area (TPSA) is 66.9 Å². The van der Waals surface area contributed by atoms with Gasteiger partial charge < -0.3 is 9.64 Å². The summed E-state index contributed by atoms with van der Waals surface area (Å²) in [6.45, 7) is 2.54. The van der Waals surface area contributed by atoms with Crippen LogP contribution in [-0.2, 0) is 14.8 Å². The molecule has 1 heterocycles. The van der Waals surface area contributed by atoms with Crippen molar-refractivity contribution in [2.24, 2.45) is 0 Å². The van der Waals surface area contributed by atoms with Crippen LogP contribution in [0.2, 0.25) is 0 Å². The summed E-state index contributed by atoms with van der Waals surface area (Å²) in [7, 11) is -3.89. The molecule has 2 atom stereocenters. The van der Waals surface area contributed by atoms with E-state index in [0.717, 1.165) is 11.0 Å². The molecule has 10 heteroatoms. The number of alkyl halides is 3. The Bertz CT molecular complexity index is 829. The Morgan fingerprint density at radius 1 is 1.21 bits per heavy atom. The van der Waals surface area contributed by atoms with Crippen LogP contribution in [0.1, 0.15) is 37.0 Å². The minimum absolute atomic E-state index is 0.0634. The maximum atomic E-state index is 13.0. The average molecular weight is 420 g/mol. The Labute approximate surface area is 162 Å². The van der Waals surface area contributed by atoms with Crippen LogP contribution in [-0.4, -0.2) is 67.6 Å². The Hall–Kier alpha value is -1.65. The van der Waals surface area contributed by atoms with Crippen molar-refractivity contribution in [2.45, 2.75) is 56.0 Å². The summed E-state index contributed by atoms with van der Waals surface area (Å²) < 4.78 is 71.3. The van der Waals surface area contributed by atoms with E-state index in [1.807, 2.05) is 0 Å². The van der Waals surface area contributed by atoms with Crippen molar-refractivity contribution in [3.63, 3.8) is 0 Å². The van der Waals surface area contributed by atoms with Gasteiger partial charge in [0.2, 0.25) is 10.0 Å². The highest BCUT2D eigenvalue weighted by Crippen LogP contribution is 2.32. The lowest BCUT2D eigenvalue weighted by Gasteiger charge is -2.34. The lowest BCUT2D eigenvalue weighted by molar-refractivity contribution is -0.141. The minimum Gasteiger partial charge on any atom is -0.373 e. The van der Waals surface area contributed by atoms with Crippen LogP contribution >= 0.6 is 0 Å². The van der Waals surface area contributed by atoms with Gasteiger partial charge in [-0.3, -0.25) is 4.79 Å². The number of rotatable bonds is 5. The van der Waals surface area contributed by atoms with E-state index in [0.29, 0.717) is 12.8 Å². The van der Waals surface area contributed by atoms with Crippen LogP contribution in [0.25, 0.3) is 0 Å². The van der Waals surface area contributed by atoms with Crippen LogP contribution < -0.4 is 0 Å². The maximum Gasteiger partial charge on any atom is 0.406 e. The summed E-state index contributed by atoms with van der Waals surface area (Å²) in [5, 5.41) is 0. The summed E-state index contributed by atoms with van der Waals surface area (Å²) in [6, 6.07) is 4.79. The first-order valence-corrected chi connectivity index (χ1v) is 10.5. The van der Waals surface area contributed by atoms with Crippen molar-refractivity contribution in [1.82, 2.24) is 9.21 Å². The molecule has 1 saturated carbocycles. The van der Waals surface area contributed by atoms with E-state index < -0.39 is 34.7 Å². The highest BCUT2D eigenvalue weighted by atomic mass is 32.2. The number of ether oxygens (including phenoxy) is 1. The van der Waals surface area contributed by atoms with E-state index in [4.69, 9.17) is 4.74 Å². The summed E-state index contributed by atoms with van der Waals surface area (Å²) in [4.78, 5) is 13.3. The number of hydrogen-bond acceptors (Lipinski definition) is 4. The quantitative estimate of drug-likeness (QED) is 0.735. The molecule has 2 aliphatic rings. The van der Waals surface area contributed by atoms with Crippen LogP contribution in [0.15, 0.2) is 29.2 Å². The SMILES string of the molecule is C[C@@H]1CN(S(=O)(=O)c2cccc(C(=O)N(CC(F)(F)F)C3CC3)c2)C[C@@H](C)O1. The zero-order chi connectivity index (χ0) is 20.7. The minimum atomic E-state index is -4.51. The second-order valence-electron chi connectivity index (χ2n) is 7.39. The fourth-order valence-corrected chi connectivity index (χ4v) is 5.01. The fourth-order valence-electron chi connectivity index (χ4n) is 3.38. The third-order valence-corrected chi connectivity index (χ3v) is 6.53. The number of nitrogens with zero attached hydrogens (tertiary/aromatic N) is 2. The molecule has 1 aliphatic heterocycles. The largest absolute Gasteiger partial charge is 0.406 e. The van der Waals surface area contributed by atoms with Crippen LogP contribution in [0.5, 0.6) is 0 Å². The Morgan fingerprint density at radius 3 is 2.36 bits per heavy atom. The van der Waals surface area contributed by atoms with Gasteiger partial charge in [0.05, 0.1) is 17.1 Å². The van der Waals surface area contributed by atoms with E-state index in [9.17, 15) is 26.4 Å². The van der Waals surface area contributed by atoms with E-state index in [1.165, 1.54) is 22.5 Å². The van der Waals surface area contributed by atoms with Gasteiger partial charge in [-0.2, -0.15) is 17.5 Å². The van der Waals surface area contributed by atoms with Gasteiger partial charge in [0.15, 0.2) is 0 Å². The molecule has 6 nitrogen and oxygen atoms in total. The zero-order valence-corrected chi connectivity index (χ0v) is 16.5. The van der Waals surface area contributed by atoms with E-state index >= 15 is 0 Å². The zero-order valence-electron chi connectivity index (χ0n) is 15.6. The highest BCUT2D eigenvalue weighted by Gasteiger charge is 2.41. The average Bonchev–Trinajstić information content (AvgIpc) is 3.42. The third-order valence-electron chi connectivity index (χ3n) is 4.70. The fraction of sp³-hybridized carbons (Fsp3) is 0.611. The number of amides is 1. The predicted octanol–water partition coefficient (Wildman–Crippen LogP) is 2.65. The van der Waals surface area contributed by atoms with Crippen molar-refractivity contribution < 1.29 is 31.1 Å². The molecular formula is C18H23F3N2O4S. The van der Waals surface area contributed by atoms with Gasteiger partial charge >= 0.3 is 6.18 Å². The van der Waals surface area contributed by atoms with Gasteiger partial charge in [-0.1, -0.05) is 6.07 Å². The summed E-state index contributed by atoms with van der Waals surface area (Å²) in [5.74, 6) is -0.805. The molecule has 156 valence electrons. The maximum absolute atomic E-state index is 13.0. The van der Waals surface area contributed by atoms with Crippen LogP contribution in [0.3, 0.4) is 0 Å². The standard InChI is InChI=1S/C18H23F3N2O4S/c1-12-9-22(10-13(2)27-12)28(25,26)16-5-3-4-14(8-16)17(24)23(15-6-7-15)11-18(19,20)21/h3-5,8,12-13,15H,6-7,9-11H2,1-2H3/t12-,13-/m1/s1. The molecule has 0 radical (unpaired) electrons. The van der Waals surface area contributed by atoms with Gasteiger partial charge in [-0.05, 0) is 44.9 Å². The van der Waals surface area contributed by atoms with Crippen LogP contribution in [0, 0.1) is 0 Å². The molecule has 0 unspecified atom stereocenters. The second-order valence-corrected chi connectivity index (χ2v) is 9.32. The first kappa shape index (κ1) is 21.1. The van der Waals surface area contributed by atoms with Gasteiger partial charge in [0, 0.05) is 24.7 Å². The lowest BCUT2D eigenvalue weighted by atomic mass is 10.2. The molecule has 2 fully saturated rings. The molecule has 3 rings (SSSR count). The Balaban J connectivity index is 1.86.